The normalized spacial score (nSPS) is 16.2. The average molecular weight is 414 g/mol. The van der Waals surface area contributed by atoms with Gasteiger partial charge in [-0.2, -0.15) is 0 Å². The average Bonchev–Trinajstić information content (AvgIpc) is 3.32. The number of ether oxygens (including phenoxy) is 1. The third-order valence-corrected chi connectivity index (χ3v) is 5.72. The van der Waals surface area contributed by atoms with E-state index in [1.54, 1.807) is 35.6 Å². The molecule has 0 spiro atoms. The third kappa shape index (κ3) is 4.05. The number of rotatable bonds is 6. The maximum Gasteiger partial charge on any atom is 0.414 e. The maximum atomic E-state index is 12.2. The Morgan fingerprint density at radius 3 is 2.71 bits per heavy atom. The maximum absolute atomic E-state index is 12.2. The van der Waals surface area contributed by atoms with Gasteiger partial charge in [0.25, 0.3) is 0 Å². The van der Waals surface area contributed by atoms with Crippen molar-refractivity contribution in [1.82, 2.24) is 9.97 Å². The topological polar surface area (TPSA) is 72.4 Å². The van der Waals surface area contributed by atoms with Gasteiger partial charge in [-0.3, -0.25) is 19.7 Å². The summed E-state index contributed by atoms with van der Waals surface area (Å²) in [6.07, 6.45) is 5.10. The number of thiophene rings is 1. The fourth-order valence-electron chi connectivity index (χ4n) is 3.00. The number of Topliss-reactive ketones (excluding diaryl/α,β-unsaturated/α-hetero) is 1. The second-order valence-corrected chi connectivity index (χ2v) is 8.03. The Labute approximate surface area is 170 Å². The molecular formula is C20H16ClN3O3S. The lowest BCUT2D eigenvalue weighted by Crippen LogP contribution is -2.24. The predicted octanol–water partition coefficient (Wildman–Crippen LogP) is 4.85. The molecule has 3 aromatic rings. The lowest BCUT2D eigenvalue weighted by Gasteiger charge is -2.13. The summed E-state index contributed by atoms with van der Waals surface area (Å²) in [7, 11) is 0. The number of pyridine rings is 2. The molecule has 142 valence electrons. The molecule has 4 rings (SSSR count). The molecule has 0 radical (unpaired) electrons. The molecule has 6 nitrogen and oxygen atoms in total. The molecule has 1 fully saturated rings. The molecule has 0 aliphatic carbocycles. The van der Waals surface area contributed by atoms with Crippen molar-refractivity contribution in [2.24, 2.45) is 0 Å². The van der Waals surface area contributed by atoms with Gasteiger partial charge in [0.2, 0.25) is 0 Å². The van der Waals surface area contributed by atoms with Crippen molar-refractivity contribution in [3.63, 3.8) is 0 Å². The molecule has 1 atom stereocenters. The zero-order valence-corrected chi connectivity index (χ0v) is 16.3. The highest BCUT2D eigenvalue weighted by Crippen LogP contribution is 2.27. The molecule has 1 aliphatic heterocycles. The van der Waals surface area contributed by atoms with Crippen molar-refractivity contribution in [2.45, 2.75) is 18.9 Å². The second kappa shape index (κ2) is 8.08. The molecule has 3 aromatic heterocycles. The highest BCUT2D eigenvalue weighted by Gasteiger charge is 2.32. The van der Waals surface area contributed by atoms with Gasteiger partial charge in [0.05, 0.1) is 33.3 Å². The van der Waals surface area contributed by atoms with Crippen molar-refractivity contribution in [1.29, 1.82) is 0 Å². The zero-order chi connectivity index (χ0) is 19.5. The minimum atomic E-state index is -0.421. The van der Waals surface area contributed by atoms with Crippen LogP contribution in [-0.4, -0.2) is 34.5 Å². The van der Waals surface area contributed by atoms with Crippen LogP contribution in [0.3, 0.4) is 0 Å². The first-order valence-corrected chi connectivity index (χ1v) is 9.93. The van der Waals surface area contributed by atoms with Crippen LogP contribution in [0.4, 0.5) is 10.5 Å². The van der Waals surface area contributed by atoms with Gasteiger partial charge in [0.15, 0.2) is 5.78 Å². The number of aromatic nitrogens is 2. The molecule has 0 N–H and O–H groups in total. The van der Waals surface area contributed by atoms with Gasteiger partial charge in [0, 0.05) is 24.4 Å². The van der Waals surface area contributed by atoms with E-state index >= 15 is 0 Å². The van der Waals surface area contributed by atoms with Crippen molar-refractivity contribution in [3.05, 3.63) is 64.2 Å². The summed E-state index contributed by atoms with van der Waals surface area (Å²) in [5.74, 6) is 0.00905. The van der Waals surface area contributed by atoms with Gasteiger partial charge in [-0.25, -0.2) is 4.79 Å². The van der Waals surface area contributed by atoms with Gasteiger partial charge in [-0.15, -0.1) is 11.3 Å². The highest BCUT2D eigenvalue weighted by molar-refractivity contribution is 7.18. The van der Waals surface area contributed by atoms with Crippen LogP contribution in [0.5, 0.6) is 0 Å². The Morgan fingerprint density at radius 2 is 2.04 bits per heavy atom. The molecule has 0 saturated carbocycles. The van der Waals surface area contributed by atoms with E-state index in [4.69, 9.17) is 16.3 Å². The summed E-state index contributed by atoms with van der Waals surface area (Å²) in [6, 6.07) is 10.9. The first-order chi connectivity index (χ1) is 13.6. The van der Waals surface area contributed by atoms with Gasteiger partial charge in [-0.1, -0.05) is 11.6 Å². The molecule has 28 heavy (non-hydrogen) atoms. The molecule has 8 heteroatoms. The quantitative estimate of drug-likeness (QED) is 0.540. The van der Waals surface area contributed by atoms with Crippen molar-refractivity contribution in [3.8, 4) is 11.3 Å². The molecule has 1 amide bonds. The number of nitrogens with zero attached hydrogens (tertiary/aromatic N) is 3. The largest absolute Gasteiger partial charge is 0.444 e. The lowest BCUT2D eigenvalue weighted by atomic mass is 10.1. The first kappa shape index (κ1) is 18.6. The number of halogens is 1. The Hall–Kier alpha value is -2.77. The Morgan fingerprint density at radius 1 is 1.21 bits per heavy atom. The monoisotopic (exact) mass is 413 g/mol. The Balaban J connectivity index is 1.37. The smallest absolute Gasteiger partial charge is 0.414 e. The molecule has 1 saturated heterocycles. The molecule has 1 aliphatic rings. The van der Waals surface area contributed by atoms with E-state index in [9.17, 15) is 9.59 Å². The fraction of sp³-hybridized carbons (Fsp3) is 0.200. The minimum Gasteiger partial charge on any atom is -0.444 e. The fourth-order valence-corrected chi connectivity index (χ4v) is 4.01. The van der Waals surface area contributed by atoms with E-state index in [-0.39, 0.29) is 11.9 Å². The van der Waals surface area contributed by atoms with Gasteiger partial charge in [-0.05, 0) is 42.8 Å². The van der Waals surface area contributed by atoms with Crippen LogP contribution in [0.25, 0.3) is 11.3 Å². The number of hydrogen-bond donors (Lipinski definition) is 0. The number of amides is 1. The van der Waals surface area contributed by atoms with Gasteiger partial charge >= 0.3 is 6.09 Å². The summed E-state index contributed by atoms with van der Waals surface area (Å²) in [5, 5.41) is 0. The van der Waals surface area contributed by atoms with Crippen LogP contribution in [0.2, 0.25) is 4.34 Å². The van der Waals surface area contributed by atoms with E-state index in [0.717, 1.165) is 11.3 Å². The van der Waals surface area contributed by atoms with E-state index in [2.05, 4.69) is 9.97 Å². The van der Waals surface area contributed by atoms with Crippen LogP contribution in [0.15, 0.2) is 55.0 Å². The number of hydrogen-bond acceptors (Lipinski definition) is 6. The van der Waals surface area contributed by atoms with Crippen LogP contribution >= 0.6 is 22.9 Å². The van der Waals surface area contributed by atoms with Crippen LogP contribution in [0, 0.1) is 0 Å². The number of carbonyl (C=O) groups excluding carboxylic acids is 2. The van der Waals surface area contributed by atoms with Crippen LogP contribution in [-0.2, 0) is 4.74 Å². The Bertz CT molecular complexity index is 991. The predicted molar refractivity (Wildman–Crippen MR) is 108 cm³/mol. The third-order valence-electron chi connectivity index (χ3n) is 4.45. The van der Waals surface area contributed by atoms with Crippen LogP contribution < -0.4 is 4.90 Å². The molecular weight excluding hydrogens is 398 g/mol. The Kier molecular flexibility index (Phi) is 5.36. The van der Waals surface area contributed by atoms with E-state index in [1.807, 2.05) is 24.3 Å². The number of anilines is 1. The van der Waals surface area contributed by atoms with E-state index in [1.165, 1.54) is 11.3 Å². The molecule has 0 aromatic carbocycles. The van der Waals surface area contributed by atoms with Crippen molar-refractivity contribution < 1.29 is 14.3 Å². The number of carbonyl (C=O) groups is 2. The summed E-state index contributed by atoms with van der Waals surface area (Å²) in [4.78, 5) is 35.0. The number of ketones is 1. The van der Waals surface area contributed by atoms with Crippen molar-refractivity contribution >= 4 is 40.5 Å². The summed E-state index contributed by atoms with van der Waals surface area (Å²) in [5.41, 5.74) is 2.42. The molecule has 0 bridgehead atoms. The van der Waals surface area contributed by atoms with Gasteiger partial charge < -0.3 is 4.74 Å². The standard InChI is InChI=1S/C20H16ClN3O3S/c21-19-6-5-18(28-19)17(25)4-2-15-12-24(20(26)27-15)14-1-3-16(23-11-14)13-7-9-22-10-8-13/h1,3,5-11,15H,2,4,12H2/t15-/m0/s1. The number of cyclic esters (lactones) is 1. The first-order valence-electron chi connectivity index (χ1n) is 8.73. The SMILES string of the molecule is O=C(CC[C@H]1CN(c2ccc(-c3ccncc3)nc2)C(=O)O1)c1ccc(Cl)s1. The summed E-state index contributed by atoms with van der Waals surface area (Å²) in [6.45, 7) is 0.396. The summed E-state index contributed by atoms with van der Waals surface area (Å²) >= 11 is 7.13. The molecule has 0 unspecified atom stereocenters. The zero-order valence-electron chi connectivity index (χ0n) is 14.7. The summed E-state index contributed by atoms with van der Waals surface area (Å²) < 4.78 is 6.00. The van der Waals surface area contributed by atoms with Crippen LogP contribution in [0.1, 0.15) is 22.5 Å². The lowest BCUT2D eigenvalue weighted by molar-refractivity contribution is 0.0943. The van der Waals surface area contributed by atoms with Crippen molar-refractivity contribution in [2.75, 3.05) is 11.4 Å². The highest BCUT2D eigenvalue weighted by atomic mass is 35.5. The minimum absolute atomic E-state index is 0.00905. The molecule has 4 heterocycles. The van der Waals surface area contributed by atoms with Gasteiger partial charge in [0.1, 0.15) is 6.10 Å². The van der Waals surface area contributed by atoms with E-state index < -0.39 is 6.09 Å². The second-order valence-electron chi connectivity index (χ2n) is 6.32. The van der Waals surface area contributed by atoms with E-state index in [0.29, 0.717) is 34.3 Å².